The zero-order valence-electron chi connectivity index (χ0n) is 15.1. The monoisotopic (exact) mass is 392 g/mol. The first kappa shape index (κ1) is 20.7. The van der Waals surface area contributed by atoms with Crippen molar-refractivity contribution in [3.8, 4) is 0 Å². The standard InChI is InChI=1S/C19H21FN2O4S/c1-3-22(4-2)27(25,26)17-11-7-15(8-12-17)19(24)21-13-18(23)14-5-9-16(20)10-6-14/h5-12H,3-4,13H2,1-2H3,(H,21,24). The van der Waals surface area contributed by atoms with Crippen molar-refractivity contribution in [3.05, 3.63) is 65.5 Å². The minimum absolute atomic E-state index is 0.102. The smallest absolute Gasteiger partial charge is 0.251 e. The van der Waals surface area contributed by atoms with Crippen LogP contribution in [0.25, 0.3) is 0 Å². The number of nitrogens with one attached hydrogen (secondary N) is 1. The summed E-state index contributed by atoms with van der Waals surface area (Å²) >= 11 is 0. The molecule has 0 heterocycles. The molecular weight excluding hydrogens is 371 g/mol. The van der Waals surface area contributed by atoms with E-state index in [1.54, 1.807) is 13.8 Å². The van der Waals surface area contributed by atoms with Gasteiger partial charge >= 0.3 is 0 Å². The number of hydrogen-bond acceptors (Lipinski definition) is 4. The molecule has 144 valence electrons. The molecule has 0 saturated heterocycles. The molecule has 0 atom stereocenters. The zero-order valence-corrected chi connectivity index (χ0v) is 15.9. The highest BCUT2D eigenvalue weighted by Crippen LogP contribution is 2.16. The van der Waals surface area contributed by atoms with Gasteiger partial charge in [-0.05, 0) is 48.5 Å². The molecular formula is C19H21FN2O4S. The molecule has 6 nitrogen and oxygen atoms in total. The highest BCUT2D eigenvalue weighted by atomic mass is 32.2. The maximum Gasteiger partial charge on any atom is 0.251 e. The van der Waals surface area contributed by atoms with E-state index in [2.05, 4.69) is 5.32 Å². The lowest BCUT2D eigenvalue weighted by molar-refractivity contribution is 0.0904. The maximum atomic E-state index is 12.9. The van der Waals surface area contributed by atoms with Crippen molar-refractivity contribution in [1.82, 2.24) is 9.62 Å². The molecule has 0 aliphatic heterocycles. The van der Waals surface area contributed by atoms with Crippen molar-refractivity contribution >= 4 is 21.7 Å². The van der Waals surface area contributed by atoms with Gasteiger partial charge in [-0.1, -0.05) is 13.8 Å². The Morgan fingerprint density at radius 3 is 1.96 bits per heavy atom. The Labute approximate surface area is 158 Å². The third-order valence-corrected chi connectivity index (χ3v) is 6.10. The molecule has 27 heavy (non-hydrogen) atoms. The average Bonchev–Trinajstić information content (AvgIpc) is 2.67. The second kappa shape index (κ2) is 8.88. The molecule has 8 heteroatoms. The number of Topliss-reactive ketones (excluding diaryl/α,β-unsaturated/α-hetero) is 1. The van der Waals surface area contributed by atoms with Crippen LogP contribution >= 0.6 is 0 Å². The van der Waals surface area contributed by atoms with E-state index in [0.29, 0.717) is 13.1 Å². The van der Waals surface area contributed by atoms with Crippen LogP contribution in [0.1, 0.15) is 34.6 Å². The zero-order chi connectivity index (χ0) is 20.0. The van der Waals surface area contributed by atoms with Gasteiger partial charge < -0.3 is 5.32 Å². The predicted molar refractivity (Wildman–Crippen MR) is 99.6 cm³/mol. The summed E-state index contributed by atoms with van der Waals surface area (Å²) in [5.41, 5.74) is 0.526. The number of ketones is 1. The Bertz CT molecular complexity index is 906. The summed E-state index contributed by atoms with van der Waals surface area (Å²) in [4.78, 5) is 24.3. The maximum absolute atomic E-state index is 12.9. The second-order valence-corrected chi connectivity index (χ2v) is 7.66. The topological polar surface area (TPSA) is 83.6 Å². The fourth-order valence-corrected chi connectivity index (χ4v) is 3.95. The molecule has 0 aromatic heterocycles. The van der Waals surface area contributed by atoms with Crippen LogP contribution in [0.5, 0.6) is 0 Å². The lowest BCUT2D eigenvalue weighted by Crippen LogP contribution is -2.31. The highest BCUT2D eigenvalue weighted by molar-refractivity contribution is 7.89. The summed E-state index contributed by atoms with van der Waals surface area (Å²) in [5, 5.41) is 2.47. The Hall–Kier alpha value is -2.58. The van der Waals surface area contributed by atoms with E-state index < -0.39 is 21.7 Å². The summed E-state index contributed by atoms with van der Waals surface area (Å²) in [7, 11) is -3.59. The molecule has 0 bridgehead atoms. The van der Waals surface area contributed by atoms with Gasteiger partial charge in [0, 0.05) is 24.2 Å². The molecule has 0 radical (unpaired) electrons. The van der Waals surface area contributed by atoms with Crippen molar-refractivity contribution in [2.75, 3.05) is 19.6 Å². The van der Waals surface area contributed by atoms with Gasteiger partial charge in [-0.15, -0.1) is 0 Å². The number of benzene rings is 2. The lowest BCUT2D eigenvalue weighted by atomic mass is 10.1. The quantitative estimate of drug-likeness (QED) is 0.700. The number of carbonyl (C=O) groups is 2. The lowest BCUT2D eigenvalue weighted by Gasteiger charge is -2.18. The molecule has 0 spiro atoms. The van der Waals surface area contributed by atoms with Crippen LogP contribution in [0.2, 0.25) is 0 Å². The van der Waals surface area contributed by atoms with Crippen molar-refractivity contribution < 1.29 is 22.4 Å². The molecule has 0 aliphatic carbocycles. The fraction of sp³-hybridized carbons (Fsp3) is 0.263. The van der Waals surface area contributed by atoms with Crippen LogP contribution in [0, 0.1) is 5.82 Å². The van der Waals surface area contributed by atoms with E-state index in [0.717, 1.165) is 0 Å². The molecule has 2 aromatic rings. The van der Waals surface area contributed by atoms with Crippen molar-refractivity contribution in [3.63, 3.8) is 0 Å². The van der Waals surface area contributed by atoms with Crippen LogP contribution in [-0.4, -0.2) is 44.0 Å². The van der Waals surface area contributed by atoms with E-state index >= 15 is 0 Å². The van der Waals surface area contributed by atoms with Gasteiger partial charge in [0.05, 0.1) is 11.4 Å². The van der Waals surface area contributed by atoms with E-state index in [9.17, 15) is 22.4 Å². The third-order valence-electron chi connectivity index (χ3n) is 4.04. The molecule has 0 saturated carbocycles. The van der Waals surface area contributed by atoms with Crippen molar-refractivity contribution in [2.24, 2.45) is 0 Å². The van der Waals surface area contributed by atoms with Crippen LogP contribution < -0.4 is 5.32 Å². The van der Waals surface area contributed by atoms with Gasteiger partial charge in [0.25, 0.3) is 5.91 Å². The minimum Gasteiger partial charge on any atom is -0.345 e. The Balaban J connectivity index is 2.03. The largest absolute Gasteiger partial charge is 0.345 e. The van der Waals surface area contributed by atoms with Crippen LogP contribution in [0.15, 0.2) is 53.4 Å². The first-order valence-corrected chi connectivity index (χ1v) is 9.90. The summed E-state index contributed by atoms with van der Waals surface area (Å²) in [6.45, 7) is 3.96. The number of carbonyl (C=O) groups excluding carboxylic acids is 2. The Morgan fingerprint density at radius 1 is 0.926 bits per heavy atom. The number of amides is 1. The summed E-state index contributed by atoms with van der Waals surface area (Å²) in [6, 6.07) is 10.6. The van der Waals surface area contributed by atoms with Crippen LogP contribution in [-0.2, 0) is 10.0 Å². The number of rotatable bonds is 8. The number of nitrogens with zero attached hydrogens (tertiary/aromatic N) is 1. The van der Waals surface area contributed by atoms with Gasteiger partial charge in [-0.25, -0.2) is 12.8 Å². The van der Waals surface area contributed by atoms with Gasteiger partial charge in [-0.2, -0.15) is 4.31 Å². The highest BCUT2D eigenvalue weighted by Gasteiger charge is 2.21. The van der Waals surface area contributed by atoms with E-state index in [1.165, 1.54) is 52.8 Å². The van der Waals surface area contributed by atoms with Crippen LogP contribution in [0.3, 0.4) is 0 Å². The Morgan fingerprint density at radius 2 is 1.44 bits per heavy atom. The molecule has 1 N–H and O–H groups in total. The average molecular weight is 392 g/mol. The summed E-state index contributed by atoms with van der Waals surface area (Å²) in [5.74, 6) is -1.31. The molecule has 0 unspecified atom stereocenters. The van der Waals surface area contributed by atoms with Crippen molar-refractivity contribution in [1.29, 1.82) is 0 Å². The predicted octanol–water partition coefficient (Wildman–Crippen LogP) is 2.47. The second-order valence-electron chi connectivity index (χ2n) is 5.73. The molecule has 0 fully saturated rings. The summed E-state index contributed by atoms with van der Waals surface area (Å²) < 4.78 is 39.0. The van der Waals surface area contributed by atoms with E-state index in [4.69, 9.17) is 0 Å². The minimum atomic E-state index is -3.59. The molecule has 2 aromatic carbocycles. The SMILES string of the molecule is CCN(CC)S(=O)(=O)c1ccc(C(=O)NCC(=O)c2ccc(F)cc2)cc1. The van der Waals surface area contributed by atoms with Gasteiger partial charge in [-0.3, -0.25) is 9.59 Å². The normalized spacial score (nSPS) is 11.4. The molecule has 0 aliphatic rings. The number of sulfonamides is 1. The third kappa shape index (κ3) is 4.99. The Kier molecular flexibility index (Phi) is 6.81. The molecule has 1 amide bonds. The summed E-state index contributed by atoms with van der Waals surface area (Å²) in [6.07, 6.45) is 0. The molecule has 2 rings (SSSR count). The first-order valence-electron chi connectivity index (χ1n) is 8.46. The first-order chi connectivity index (χ1) is 12.8. The number of halogens is 1. The van der Waals surface area contributed by atoms with Gasteiger partial charge in [0.2, 0.25) is 10.0 Å². The van der Waals surface area contributed by atoms with Gasteiger partial charge in [0.1, 0.15) is 5.82 Å². The number of hydrogen-bond donors (Lipinski definition) is 1. The van der Waals surface area contributed by atoms with Crippen LogP contribution in [0.4, 0.5) is 4.39 Å². The van der Waals surface area contributed by atoms with Gasteiger partial charge in [0.15, 0.2) is 5.78 Å². The fourth-order valence-electron chi connectivity index (χ4n) is 2.49. The van der Waals surface area contributed by atoms with E-state index in [-0.39, 0.29) is 28.4 Å². The van der Waals surface area contributed by atoms with E-state index in [1.807, 2.05) is 0 Å². The van der Waals surface area contributed by atoms with Crippen molar-refractivity contribution in [2.45, 2.75) is 18.7 Å².